The van der Waals surface area contributed by atoms with Gasteiger partial charge in [0.15, 0.2) is 0 Å². The van der Waals surface area contributed by atoms with Crippen molar-refractivity contribution in [3.8, 4) is 0 Å². The smallest absolute Gasteiger partial charge is 0.417 e. The third kappa shape index (κ3) is 5.44. The average Bonchev–Trinajstić information content (AvgIpc) is 3.64. The average molecular weight is 502 g/mol. The molecule has 0 radical (unpaired) electrons. The van der Waals surface area contributed by atoms with E-state index in [4.69, 9.17) is 9.47 Å². The summed E-state index contributed by atoms with van der Waals surface area (Å²) in [5, 5.41) is 10.1. The number of rotatable bonds is 5. The zero-order valence-corrected chi connectivity index (χ0v) is 21.3. The fraction of sp³-hybridized carbons (Fsp3) is 0.345. The number of hydrogen-bond acceptors (Lipinski definition) is 5. The van der Waals surface area contributed by atoms with Crippen LogP contribution in [0.15, 0.2) is 66.9 Å². The second kappa shape index (κ2) is 9.86. The van der Waals surface area contributed by atoms with E-state index in [0.29, 0.717) is 36.1 Å². The minimum absolute atomic E-state index is 0.145. The van der Waals surface area contributed by atoms with Crippen molar-refractivity contribution in [2.24, 2.45) is 5.92 Å². The number of carbonyl (C=O) groups is 2. The number of amides is 2. The number of anilines is 3. The van der Waals surface area contributed by atoms with Crippen molar-refractivity contribution >= 4 is 29.4 Å². The third-order valence-electron chi connectivity index (χ3n) is 6.54. The Kier molecular flexibility index (Phi) is 6.60. The van der Waals surface area contributed by atoms with Gasteiger partial charge in [0.1, 0.15) is 11.4 Å². The van der Waals surface area contributed by atoms with Crippen molar-refractivity contribution in [1.82, 2.24) is 4.98 Å². The van der Waals surface area contributed by atoms with E-state index in [1.54, 1.807) is 24.4 Å². The Hall–Kier alpha value is -3.91. The Bertz CT molecular complexity index is 1300. The second-order valence-electron chi connectivity index (χ2n) is 10.5. The lowest BCUT2D eigenvalue weighted by molar-refractivity contribution is 0.0578. The van der Waals surface area contributed by atoms with Crippen LogP contribution in [0.3, 0.4) is 0 Å². The topological polar surface area (TPSA) is 92.2 Å². The molecule has 2 aliphatic rings. The van der Waals surface area contributed by atoms with Crippen LogP contribution in [0.2, 0.25) is 0 Å². The normalized spacial score (nSPS) is 18.5. The van der Waals surface area contributed by atoms with E-state index in [2.05, 4.69) is 4.98 Å². The quantitative estimate of drug-likeness (QED) is 0.431. The summed E-state index contributed by atoms with van der Waals surface area (Å²) in [6, 6.07) is 19.2. The molecule has 2 aromatic carbocycles. The molecule has 0 saturated heterocycles. The number of aromatic nitrogens is 1. The molecule has 2 atom stereocenters. The van der Waals surface area contributed by atoms with Crippen molar-refractivity contribution in [3.05, 3.63) is 83.6 Å². The van der Waals surface area contributed by atoms with Crippen molar-refractivity contribution < 1.29 is 24.2 Å². The largest absolute Gasteiger partial charge is 0.464 e. The summed E-state index contributed by atoms with van der Waals surface area (Å²) in [5.41, 5.74) is 2.96. The molecule has 1 aliphatic carbocycles. The molecular weight excluding hydrogens is 470 g/mol. The van der Waals surface area contributed by atoms with Gasteiger partial charge in [0, 0.05) is 11.8 Å². The van der Waals surface area contributed by atoms with Crippen LogP contribution in [0.1, 0.15) is 49.8 Å². The predicted octanol–water partition coefficient (Wildman–Crippen LogP) is 6.47. The van der Waals surface area contributed by atoms with E-state index in [0.717, 1.165) is 22.4 Å². The van der Waals surface area contributed by atoms with Crippen molar-refractivity contribution in [2.75, 3.05) is 16.4 Å². The lowest BCUT2D eigenvalue weighted by Gasteiger charge is -2.28. The zero-order chi connectivity index (χ0) is 26.2. The van der Waals surface area contributed by atoms with E-state index in [1.807, 2.05) is 63.2 Å². The highest BCUT2D eigenvalue weighted by Gasteiger charge is 2.40. The van der Waals surface area contributed by atoms with Crippen LogP contribution in [0, 0.1) is 5.92 Å². The number of carboxylic acid groups (broad SMARTS) is 1. The monoisotopic (exact) mass is 501 g/mol. The van der Waals surface area contributed by atoms with Crippen LogP contribution in [-0.4, -0.2) is 34.5 Å². The number of benzene rings is 2. The van der Waals surface area contributed by atoms with Crippen molar-refractivity contribution in [2.45, 2.75) is 51.9 Å². The summed E-state index contributed by atoms with van der Waals surface area (Å²) >= 11 is 0. The molecule has 2 amide bonds. The molecule has 1 aromatic heterocycles. The van der Waals surface area contributed by atoms with E-state index in [-0.39, 0.29) is 18.3 Å². The minimum Gasteiger partial charge on any atom is -0.464 e. The molecule has 0 bridgehead atoms. The van der Waals surface area contributed by atoms with Gasteiger partial charge >= 0.3 is 12.2 Å². The summed E-state index contributed by atoms with van der Waals surface area (Å²) in [6.45, 7) is 6.78. The first-order chi connectivity index (χ1) is 17.7. The van der Waals surface area contributed by atoms with Gasteiger partial charge in [-0.2, -0.15) is 0 Å². The van der Waals surface area contributed by atoms with Gasteiger partial charge < -0.3 is 14.6 Å². The summed E-state index contributed by atoms with van der Waals surface area (Å²) in [5.74, 6) is 0.939. The van der Waals surface area contributed by atoms with Crippen molar-refractivity contribution in [1.29, 1.82) is 0 Å². The summed E-state index contributed by atoms with van der Waals surface area (Å²) in [6.07, 6.45) is 0.825. The summed E-state index contributed by atoms with van der Waals surface area (Å²) < 4.78 is 11.7. The highest BCUT2D eigenvalue weighted by Crippen LogP contribution is 2.50. The van der Waals surface area contributed by atoms with E-state index in [1.165, 1.54) is 4.90 Å². The lowest BCUT2D eigenvalue weighted by atomic mass is 10.1. The molecule has 8 heteroatoms. The van der Waals surface area contributed by atoms with Gasteiger partial charge in [-0.25, -0.2) is 19.5 Å². The van der Waals surface area contributed by atoms with Crippen LogP contribution >= 0.6 is 0 Å². The first-order valence-corrected chi connectivity index (χ1v) is 12.4. The van der Waals surface area contributed by atoms with Crippen LogP contribution in [0.25, 0.3) is 0 Å². The molecule has 1 fully saturated rings. The third-order valence-corrected chi connectivity index (χ3v) is 6.54. The van der Waals surface area contributed by atoms with Gasteiger partial charge in [0.25, 0.3) is 0 Å². The Morgan fingerprint density at radius 3 is 2.57 bits per heavy atom. The van der Waals surface area contributed by atoms with Gasteiger partial charge in [-0.3, -0.25) is 4.90 Å². The van der Waals surface area contributed by atoms with Crippen molar-refractivity contribution in [3.63, 3.8) is 0 Å². The summed E-state index contributed by atoms with van der Waals surface area (Å²) in [7, 11) is 0. The Labute approximate surface area is 216 Å². The lowest BCUT2D eigenvalue weighted by Crippen LogP contribution is -2.36. The van der Waals surface area contributed by atoms with Crippen LogP contribution < -0.4 is 9.80 Å². The Morgan fingerprint density at radius 1 is 1.05 bits per heavy atom. The highest BCUT2D eigenvalue weighted by atomic mass is 16.6. The van der Waals surface area contributed by atoms with Crippen LogP contribution in [0.5, 0.6) is 0 Å². The molecule has 2 heterocycles. The first-order valence-electron chi connectivity index (χ1n) is 12.4. The number of fused-ring (bicyclic) bond motifs is 2. The molecule has 2 unspecified atom stereocenters. The van der Waals surface area contributed by atoms with Crippen LogP contribution in [0.4, 0.5) is 26.8 Å². The molecule has 0 spiro atoms. The number of ether oxygens (including phenoxy) is 2. The predicted molar refractivity (Wildman–Crippen MR) is 140 cm³/mol. The second-order valence-corrected chi connectivity index (χ2v) is 10.5. The maximum Gasteiger partial charge on any atom is 0.417 e. The van der Waals surface area contributed by atoms with Gasteiger partial charge in [0.05, 0.1) is 31.1 Å². The molecular formula is C29H31N3O5. The van der Waals surface area contributed by atoms with E-state index in [9.17, 15) is 14.7 Å². The molecule has 1 saturated carbocycles. The van der Waals surface area contributed by atoms with E-state index >= 15 is 0 Å². The minimum atomic E-state index is -1.17. The number of nitrogens with zero attached hydrogens (tertiary/aromatic N) is 3. The SMILES string of the molecule is CC(C)(C)OC(=O)N1Cc2cccnc2N(C(=O)O)c2ccc(C3CC3COCc3ccccc3)cc21. The van der Waals surface area contributed by atoms with E-state index < -0.39 is 17.8 Å². The van der Waals surface area contributed by atoms with Gasteiger partial charge in [-0.1, -0.05) is 42.5 Å². The van der Waals surface area contributed by atoms with Gasteiger partial charge in [0.2, 0.25) is 0 Å². The highest BCUT2D eigenvalue weighted by molar-refractivity contribution is 6.03. The van der Waals surface area contributed by atoms with Crippen LogP contribution in [-0.2, 0) is 22.6 Å². The zero-order valence-electron chi connectivity index (χ0n) is 21.3. The molecule has 37 heavy (non-hydrogen) atoms. The fourth-order valence-electron chi connectivity index (χ4n) is 4.72. The molecule has 192 valence electrons. The molecule has 1 N–H and O–H groups in total. The Balaban J connectivity index is 1.43. The maximum atomic E-state index is 13.4. The number of hydrogen-bond donors (Lipinski definition) is 1. The fourth-order valence-corrected chi connectivity index (χ4v) is 4.72. The van der Waals surface area contributed by atoms with Gasteiger partial charge in [-0.15, -0.1) is 0 Å². The van der Waals surface area contributed by atoms with Gasteiger partial charge in [-0.05, 0) is 68.4 Å². The summed E-state index contributed by atoms with van der Waals surface area (Å²) in [4.78, 5) is 32.7. The molecule has 8 nitrogen and oxygen atoms in total. The standard InChI is InChI=1S/C29H31N3O5/c1-29(2,3)37-28(35)31-16-21-10-7-13-30-26(21)32(27(33)34)24-12-11-20(15-25(24)31)23-14-22(23)18-36-17-19-8-5-4-6-9-19/h4-13,15,22-23H,14,16-18H2,1-3H3,(H,33,34). The molecule has 1 aliphatic heterocycles. The number of carbonyl (C=O) groups excluding carboxylic acids is 1. The Morgan fingerprint density at radius 2 is 1.84 bits per heavy atom. The maximum absolute atomic E-state index is 13.4. The number of pyridine rings is 1. The molecule has 5 rings (SSSR count). The first kappa shape index (κ1) is 24.8. The molecule has 3 aromatic rings.